The summed E-state index contributed by atoms with van der Waals surface area (Å²) >= 11 is 0. The van der Waals surface area contributed by atoms with E-state index in [4.69, 9.17) is 4.74 Å². The molecule has 6 heteroatoms. The molecule has 0 aliphatic rings. The second-order valence-corrected chi connectivity index (χ2v) is 8.13. The van der Waals surface area contributed by atoms with Crippen LogP contribution in [0, 0.1) is 0 Å². The predicted molar refractivity (Wildman–Crippen MR) is 86.1 cm³/mol. The van der Waals surface area contributed by atoms with Gasteiger partial charge in [-0.25, -0.2) is 8.42 Å². The molecule has 0 spiro atoms. The molecule has 0 bridgehead atoms. The van der Waals surface area contributed by atoms with E-state index >= 15 is 0 Å². The monoisotopic (exact) mass is 321 g/mol. The van der Waals surface area contributed by atoms with E-state index in [0.29, 0.717) is 19.2 Å². The van der Waals surface area contributed by atoms with Gasteiger partial charge in [0.25, 0.3) is 0 Å². The summed E-state index contributed by atoms with van der Waals surface area (Å²) in [4.78, 5) is 12.8. The number of ether oxygens (including phenoxy) is 1. The van der Waals surface area contributed by atoms with Crippen LogP contribution in [-0.2, 0) is 19.4 Å². The van der Waals surface area contributed by atoms with Crippen LogP contribution in [0.4, 0.5) is 0 Å². The van der Waals surface area contributed by atoms with E-state index in [1.54, 1.807) is 0 Å². The van der Waals surface area contributed by atoms with Crippen molar-refractivity contribution < 1.29 is 17.9 Å². The molecular weight excluding hydrogens is 290 g/mol. The second-order valence-electron chi connectivity index (χ2n) is 5.87. The highest BCUT2D eigenvalue weighted by atomic mass is 32.2. The summed E-state index contributed by atoms with van der Waals surface area (Å²) in [5.74, 6) is 0.0153. The molecule has 0 rings (SSSR count). The molecule has 126 valence electrons. The lowest BCUT2D eigenvalue weighted by Gasteiger charge is -2.26. The van der Waals surface area contributed by atoms with Crippen molar-refractivity contribution >= 4 is 15.8 Å². The topological polar surface area (TPSA) is 63.7 Å². The van der Waals surface area contributed by atoms with Gasteiger partial charge in [-0.05, 0) is 33.2 Å². The lowest BCUT2D eigenvalue weighted by Crippen LogP contribution is -2.35. The van der Waals surface area contributed by atoms with Gasteiger partial charge in [-0.2, -0.15) is 0 Å². The first-order valence-electron chi connectivity index (χ1n) is 7.77. The molecule has 0 aromatic rings. The van der Waals surface area contributed by atoms with E-state index in [1.165, 1.54) is 13.2 Å². The smallest absolute Gasteiger partial charge is 0.302 e. The van der Waals surface area contributed by atoms with Gasteiger partial charge in [0.1, 0.15) is 9.84 Å². The van der Waals surface area contributed by atoms with Crippen molar-refractivity contribution in [3.63, 3.8) is 0 Å². The lowest BCUT2D eigenvalue weighted by atomic mass is 10.1. The van der Waals surface area contributed by atoms with Crippen molar-refractivity contribution in [2.45, 2.75) is 58.9 Å². The van der Waals surface area contributed by atoms with E-state index in [-0.39, 0.29) is 11.7 Å². The average molecular weight is 321 g/mol. The lowest BCUT2D eigenvalue weighted by molar-refractivity contribution is -0.141. The third-order valence-electron chi connectivity index (χ3n) is 3.37. The molecule has 0 aliphatic carbocycles. The minimum absolute atomic E-state index is 0.214. The Balaban J connectivity index is 3.68. The number of esters is 1. The van der Waals surface area contributed by atoms with Gasteiger partial charge in [0.2, 0.25) is 0 Å². The Morgan fingerprint density at radius 3 is 2.14 bits per heavy atom. The fourth-order valence-corrected chi connectivity index (χ4v) is 2.64. The zero-order valence-electron chi connectivity index (χ0n) is 13.9. The number of hydrogen-bond acceptors (Lipinski definition) is 5. The molecule has 0 unspecified atom stereocenters. The van der Waals surface area contributed by atoms with Crippen molar-refractivity contribution in [1.82, 2.24) is 4.90 Å². The maximum absolute atomic E-state index is 11.2. The van der Waals surface area contributed by atoms with Gasteiger partial charge in [0, 0.05) is 25.8 Å². The SMILES string of the molecule is CC(=O)OCCCCCCCN(CCS(C)(=O)=O)C(C)C. The van der Waals surface area contributed by atoms with Crippen LogP contribution in [0.3, 0.4) is 0 Å². The van der Waals surface area contributed by atoms with Gasteiger partial charge in [0.15, 0.2) is 0 Å². The Labute approximate surface area is 130 Å². The van der Waals surface area contributed by atoms with Crippen LogP contribution in [0.25, 0.3) is 0 Å². The van der Waals surface area contributed by atoms with Crippen LogP contribution in [0.5, 0.6) is 0 Å². The molecule has 0 heterocycles. The quantitative estimate of drug-likeness (QED) is 0.407. The number of unbranched alkanes of at least 4 members (excludes halogenated alkanes) is 4. The second kappa shape index (κ2) is 11.0. The molecule has 5 nitrogen and oxygen atoms in total. The van der Waals surface area contributed by atoms with Crippen LogP contribution in [-0.4, -0.2) is 57.0 Å². The number of sulfone groups is 1. The van der Waals surface area contributed by atoms with E-state index in [1.807, 2.05) is 0 Å². The van der Waals surface area contributed by atoms with Gasteiger partial charge in [-0.15, -0.1) is 0 Å². The number of rotatable bonds is 12. The number of carbonyl (C=O) groups is 1. The molecule has 0 aromatic carbocycles. The molecule has 0 aliphatic heterocycles. The van der Waals surface area contributed by atoms with Gasteiger partial charge in [-0.1, -0.05) is 19.3 Å². The first-order chi connectivity index (χ1) is 9.72. The van der Waals surface area contributed by atoms with Gasteiger partial charge >= 0.3 is 5.97 Å². The van der Waals surface area contributed by atoms with E-state index in [0.717, 1.165) is 38.6 Å². The molecule has 21 heavy (non-hydrogen) atoms. The van der Waals surface area contributed by atoms with Gasteiger partial charge < -0.3 is 4.74 Å². The molecule has 0 amide bonds. The van der Waals surface area contributed by atoms with Crippen molar-refractivity contribution in [3.8, 4) is 0 Å². The average Bonchev–Trinajstić information content (AvgIpc) is 2.33. The molecule has 0 saturated heterocycles. The Kier molecular flexibility index (Phi) is 10.7. The Hall–Kier alpha value is -0.620. The fraction of sp³-hybridized carbons (Fsp3) is 0.933. The highest BCUT2D eigenvalue weighted by Crippen LogP contribution is 2.07. The summed E-state index contributed by atoms with van der Waals surface area (Å²) in [6, 6.07) is 0.371. The van der Waals surface area contributed by atoms with Crippen LogP contribution in [0.1, 0.15) is 52.9 Å². The van der Waals surface area contributed by atoms with E-state index in [9.17, 15) is 13.2 Å². The predicted octanol–water partition coefficient (Wildman–Crippen LogP) is 2.26. The largest absolute Gasteiger partial charge is 0.466 e. The van der Waals surface area contributed by atoms with Crippen molar-refractivity contribution in [2.24, 2.45) is 0 Å². The minimum atomic E-state index is -2.89. The molecule has 0 saturated carbocycles. The summed E-state index contributed by atoms with van der Waals surface area (Å²) in [6.45, 7) is 7.70. The maximum atomic E-state index is 11.2. The summed E-state index contributed by atoms with van der Waals surface area (Å²) in [6.07, 6.45) is 6.60. The summed E-state index contributed by atoms with van der Waals surface area (Å²) < 4.78 is 27.3. The highest BCUT2D eigenvalue weighted by molar-refractivity contribution is 7.90. The van der Waals surface area contributed by atoms with Crippen molar-refractivity contribution in [1.29, 1.82) is 0 Å². The van der Waals surface area contributed by atoms with Gasteiger partial charge in [0.05, 0.1) is 12.4 Å². The van der Waals surface area contributed by atoms with Crippen LogP contribution in [0.15, 0.2) is 0 Å². The Bertz CT molecular complexity index is 379. The number of carbonyl (C=O) groups excluding carboxylic acids is 1. The standard InChI is InChI=1S/C15H31NO4S/c1-14(2)16(11-13-21(4,18)19)10-8-6-5-7-9-12-20-15(3)17/h14H,5-13H2,1-4H3. The Morgan fingerprint density at radius 1 is 1.05 bits per heavy atom. The van der Waals surface area contributed by atoms with Crippen molar-refractivity contribution in [3.05, 3.63) is 0 Å². The van der Waals surface area contributed by atoms with E-state index < -0.39 is 9.84 Å². The minimum Gasteiger partial charge on any atom is -0.466 e. The molecule has 0 fully saturated rings. The fourth-order valence-electron chi connectivity index (χ4n) is 2.07. The van der Waals surface area contributed by atoms with Crippen LogP contribution >= 0.6 is 0 Å². The number of nitrogens with zero attached hydrogens (tertiary/aromatic N) is 1. The summed E-state index contributed by atoms with van der Waals surface area (Å²) in [5, 5.41) is 0. The first-order valence-corrected chi connectivity index (χ1v) is 9.83. The first kappa shape index (κ1) is 20.4. The van der Waals surface area contributed by atoms with Crippen molar-refractivity contribution in [2.75, 3.05) is 31.7 Å². The van der Waals surface area contributed by atoms with Gasteiger partial charge in [-0.3, -0.25) is 9.69 Å². The Morgan fingerprint density at radius 2 is 1.62 bits per heavy atom. The third kappa shape index (κ3) is 14.1. The van der Waals surface area contributed by atoms with E-state index in [2.05, 4.69) is 18.7 Å². The molecule has 0 N–H and O–H groups in total. The highest BCUT2D eigenvalue weighted by Gasteiger charge is 2.12. The maximum Gasteiger partial charge on any atom is 0.302 e. The van der Waals surface area contributed by atoms with Crippen LogP contribution in [0.2, 0.25) is 0 Å². The summed E-state index contributed by atoms with van der Waals surface area (Å²) in [5.41, 5.74) is 0. The summed E-state index contributed by atoms with van der Waals surface area (Å²) in [7, 11) is -2.89. The molecule has 0 atom stereocenters. The number of hydrogen-bond donors (Lipinski definition) is 0. The zero-order valence-corrected chi connectivity index (χ0v) is 14.7. The zero-order chi connectivity index (χ0) is 16.3. The molecule has 0 aromatic heterocycles. The molecule has 0 radical (unpaired) electrons. The van der Waals surface area contributed by atoms with Crippen LogP contribution < -0.4 is 0 Å². The normalized spacial score (nSPS) is 12.1. The third-order valence-corrected chi connectivity index (χ3v) is 4.30. The molecular formula is C15H31NO4S.